The van der Waals surface area contributed by atoms with Gasteiger partial charge in [-0.3, -0.25) is 0 Å². The lowest BCUT2D eigenvalue weighted by molar-refractivity contribution is 0.0533. The first kappa shape index (κ1) is 11.6. The van der Waals surface area contributed by atoms with Gasteiger partial charge in [-0.1, -0.05) is 0 Å². The molecule has 1 heterocycles. The molecule has 0 saturated heterocycles. The van der Waals surface area contributed by atoms with Gasteiger partial charge < -0.3 is 18.9 Å². The highest BCUT2D eigenvalue weighted by Crippen LogP contribution is 2.47. The molecule has 0 spiro atoms. The number of rotatable bonds is 3. The molecule has 5 heteroatoms. The zero-order valence-corrected chi connectivity index (χ0v) is 10.2. The van der Waals surface area contributed by atoms with Crippen molar-refractivity contribution in [3.05, 3.63) is 16.7 Å². The van der Waals surface area contributed by atoms with Crippen LogP contribution in [-0.4, -0.2) is 27.3 Å². The Morgan fingerprint density at radius 3 is 2.12 bits per heavy atom. The second-order valence-corrected chi connectivity index (χ2v) is 3.65. The number of methoxy groups -OCH3 is 3. The van der Waals surface area contributed by atoms with Crippen molar-refractivity contribution in [2.75, 3.05) is 21.3 Å². The fourth-order valence-corrected chi connectivity index (χ4v) is 2.13. The van der Waals surface area contributed by atoms with E-state index >= 15 is 0 Å². The second kappa shape index (κ2) is 4.16. The maximum absolute atomic E-state index is 11.6. The summed E-state index contributed by atoms with van der Waals surface area (Å²) in [6.07, 6.45) is 0. The molecule has 0 radical (unpaired) electrons. The summed E-state index contributed by atoms with van der Waals surface area (Å²) in [7, 11) is 4.58. The number of ether oxygens (including phenoxy) is 4. The Kier molecular flexibility index (Phi) is 2.83. The van der Waals surface area contributed by atoms with Gasteiger partial charge in [0, 0.05) is 5.56 Å². The monoisotopic (exact) mass is 238 g/mol. The van der Waals surface area contributed by atoms with Crippen molar-refractivity contribution in [2.45, 2.75) is 13.5 Å². The molecule has 92 valence electrons. The average molecular weight is 238 g/mol. The second-order valence-electron chi connectivity index (χ2n) is 3.65. The van der Waals surface area contributed by atoms with Gasteiger partial charge in [0.2, 0.25) is 5.75 Å². The zero-order chi connectivity index (χ0) is 12.6. The number of carbonyl (C=O) groups excluding carboxylic acids is 1. The molecule has 0 N–H and O–H groups in total. The van der Waals surface area contributed by atoms with E-state index in [4.69, 9.17) is 18.9 Å². The van der Waals surface area contributed by atoms with E-state index in [-0.39, 0.29) is 12.6 Å². The van der Waals surface area contributed by atoms with E-state index in [1.165, 1.54) is 21.3 Å². The number of benzene rings is 1. The predicted molar refractivity (Wildman–Crippen MR) is 60.0 cm³/mol. The quantitative estimate of drug-likeness (QED) is 0.750. The minimum absolute atomic E-state index is 0.207. The van der Waals surface area contributed by atoms with Gasteiger partial charge in [-0.15, -0.1) is 0 Å². The topological polar surface area (TPSA) is 54.0 Å². The molecule has 2 rings (SSSR count). The molecule has 17 heavy (non-hydrogen) atoms. The van der Waals surface area contributed by atoms with E-state index in [1.807, 2.05) is 0 Å². The predicted octanol–water partition coefficient (Wildman–Crippen LogP) is 1.69. The number of hydrogen-bond donors (Lipinski definition) is 0. The molecule has 0 aromatic heterocycles. The first-order chi connectivity index (χ1) is 8.15. The molecule has 5 nitrogen and oxygen atoms in total. The van der Waals surface area contributed by atoms with Crippen LogP contribution in [-0.2, 0) is 11.3 Å². The molecule has 0 atom stereocenters. The molecule has 0 aliphatic carbocycles. The number of esters is 1. The number of cyclic esters (lactones) is 1. The smallest absolute Gasteiger partial charge is 0.339 e. The van der Waals surface area contributed by atoms with Crippen molar-refractivity contribution in [3.63, 3.8) is 0 Å². The number of hydrogen-bond acceptors (Lipinski definition) is 5. The Morgan fingerprint density at radius 1 is 1.00 bits per heavy atom. The molecule has 0 amide bonds. The Balaban J connectivity index is 2.80. The SMILES string of the molecule is COc1c(C)c2c(c(OC)c1OC)COC2=O. The van der Waals surface area contributed by atoms with Crippen LogP contribution in [0.4, 0.5) is 0 Å². The average Bonchev–Trinajstić information content (AvgIpc) is 2.71. The maximum atomic E-state index is 11.6. The van der Waals surface area contributed by atoms with Gasteiger partial charge in [0.25, 0.3) is 0 Å². The molecule has 1 aliphatic rings. The minimum Gasteiger partial charge on any atom is -0.492 e. The van der Waals surface area contributed by atoms with Crippen molar-refractivity contribution in [1.29, 1.82) is 0 Å². The lowest BCUT2D eigenvalue weighted by Gasteiger charge is -2.17. The maximum Gasteiger partial charge on any atom is 0.339 e. The highest BCUT2D eigenvalue weighted by atomic mass is 16.5. The highest BCUT2D eigenvalue weighted by Gasteiger charge is 2.33. The van der Waals surface area contributed by atoms with Gasteiger partial charge in [0.05, 0.1) is 32.5 Å². The highest BCUT2D eigenvalue weighted by molar-refractivity contribution is 5.97. The fraction of sp³-hybridized carbons (Fsp3) is 0.417. The Labute approximate surface area is 99.2 Å². The van der Waals surface area contributed by atoms with Gasteiger partial charge in [-0.05, 0) is 6.92 Å². The first-order valence-corrected chi connectivity index (χ1v) is 5.14. The van der Waals surface area contributed by atoms with E-state index < -0.39 is 0 Å². The van der Waals surface area contributed by atoms with E-state index in [0.717, 1.165) is 0 Å². The van der Waals surface area contributed by atoms with Gasteiger partial charge >= 0.3 is 5.97 Å². The molecular formula is C12H14O5. The summed E-state index contributed by atoms with van der Waals surface area (Å²) in [6.45, 7) is 2.00. The van der Waals surface area contributed by atoms with Gasteiger partial charge in [-0.2, -0.15) is 0 Å². The summed E-state index contributed by atoms with van der Waals surface area (Å²) >= 11 is 0. The minimum atomic E-state index is -0.350. The third-order valence-electron chi connectivity index (χ3n) is 2.87. The van der Waals surface area contributed by atoms with Gasteiger partial charge in [-0.25, -0.2) is 4.79 Å². The van der Waals surface area contributed by atoms with Crippen LogP contribution in [0.1, 0.15) is 21.5 Å². The van der Waals surface area contributed by atoms with Crippen molar-refractivity contribution < 1.29 is 23.7 Å². The Morgan fingerprint density at radius 2 is 1.59 bits per heavy atom. The number of carbonyl (C=O) groups is 1. The van der Waals surface area contributed by atoms with Crippen molar-refractivity contribution in [2.24, 2.45) is 0 Å². The van der Waals surface area contributed by atoms with Crippen LogP contribution in [0.25, 0.3) is 0 Å². The van der Waals surface area contributed by atoms with Crippen LogP contribution in [0.2, 0.25) is 0 Å². The van der Waals surface area contributed by atoms with Crippen LogP contribution in [0, 0.1) is 6.92 Å². The third kappa shape index (κ3) is 1.50. The standard InChI is InChI=1S/C12H14O5/c1-6-8-7(5-17-12(8)13)10(15-3)11(16-4)9(6)14-2/h5H2,1-4H3. The van der Waals surface area contributed by atoms with E-state index in [9.17, 15) is 4.79 Å². The molecule has 0 bridgehead atoms. The summed E-state index contributed by atoms with van der Waals surface area (Å²) < 4.78 is 20.9. The van der Waals surface area contributed by atoms with E-state index in [0.29, 0.717) is 33.9 Å². The fourth-order valence-electron chi connectivity index (χ4n) is 2.13. The summed E-state index contributed by atoms with van der Waals surface area (Å²) in [6, 6.07) is 0. The first-order valence-electron chi connectivity index (χ1n) is 5.14. The van der Waals surface area contributed by atoms with Gasteiger partial charge in [0.1, 0.15) is 6.61 Å². The molecule has 1 aliphatic heterocycles. The molecule has 0 saturated carbocycles. The summed E-state index contributed by atoms with van der Waals surface area (Å²) in [4.78, 5) is 11.6. The zero-order valence-electron chi connectivity index (χ0n) is 10.2. The molecule has 1 aromatic rings. The normalized spacial score (nSPS) is 13.1. The molecule has 0 fully saturated rings. The lowest BCUT2D eigenvalue weighted by atomic mass is 10.0. The molecule has 0 unspecified atom stereocenters. The van der Waals surface area contributed by atoms with Crippen molar-refractivity contribution in [3.8, 4) is 17.2 Å². The molecular weight excluding hydrogens is 224 g/mol. The van der Waals surface area contributed by atoms with E-state index in [1.54, 1.807) is 6.92 Å². The summed E-state index contributed by atoms with van der Waals surface area (Å²) in [5.74, 6) is 1.14. The Bertz CT molecular complexity index is 479. The largest absolute Gasteiger partial charge is 0.492 e. The van der Waals surface area contributed by atoms with Crippen LogP contribution in [0.3, 0.4) is 0 Å². The third-order valence-corrected chi connectivity index (χ3v) is 2.87. The van der Waals surface area contributed by atoms with Crippen molar-refractivity contribution in [1.82, 2.24) is 0 Å². The van der Waals surface area contributed by atoms with E-state index in [2.05, 4.69) is 0 Å². The molecule has 1 aromatic carbocycles. The van der Waals surface area contributed by atoms with Crippen LogP contribution in [0.5, 0.6) is 17.2 Å². The van der Waals surface area contributed by atoms with Crippen LogP contribution in [0.15, 0.2) is 0 Å². The van der Waals surface area contributed by atoms with Crippen LogP contribution < -0.4 is 14.2 Å². The lowest BCUT2D eigenvalue weighted by Crippen LogP contribution is -2.04. The van der Waals surface area contributed by atoms with Crippen molar-refractivity contribution >= 4 is 5.97 Å². The summed E-state index contributed by atoms with van der Waals surface area (Å²) in [5, 5.41) is 0. The Hall–Kier alpha value is -1.91. The number of fused-ring (bicyclic) bond motifs is 1. The summed E-state index contributed by atoms with van der Waals surface area (Å²) in [5.41, 5.74) is 1.94. The van der Waals surface area contributed by atoms with Gasteiger partial charge in [0.15, 0.2) is 11.5 Å². The van der Waals surface area contributed by atoms with Crippen LogP contribution >= 0.6 is 0 Å².